The third-order valence-corrected chi connectivity index (χ3v) is 3.29. The highest BCUT2D eigenvalue weighted by Crippen LogP contribution is 2.26. The Labute approximate surface area is 113 Å². The number of halogens is 1. The fraction of sp³-hybridized carbons (Fsp3) is 0.357. The molecule has 2 N–H and O–H groups in total. The molecule has 3 nitrogen and oxygen atoms in total. The van der Waals surface area contributed by atoms with Gasteiger partial charge in [0, 0.05) is 6.54 Å². The summed E-state index contributed by atoms with van der Waals surface area (Å²) in [5, 5.41) is 4.91. The van der Waals surface area contributed by atoms with Crippen LogP contribution in [0.4, 0.5) is 0 Å². The second kappa shape index (κ2) is 5.55. The zero-order valence-corrected chi connectivity index (χ0v) is 11.5. The molecule has 2 aromatic rings. The van der Waals surface area contributed by atoms with Gasteiger partial charge in [-0.2, -0.15) is 5.10 Å². The molecule has 0 spiro atoms. The second-order valence-electron chi connectivity index (χ2n) is 4.49. The third-order valence-electron chi connectivity index (χ3n) is 3.00. The van der Waals surface area contributed by atoms with Gasteiger partial charge in [-0.15, -0.1) is 0 Å². The van der Waals surface area contributed by atoms with Crippen LogP contribution in [0.3, 0.4) is 0 Å². The van der Waals surface area contributed by atoms with Crippen molar-refractivity contribution in [3.05, 3.63) is 52.3 Å². The summed E-state index contributed by atoms with van der Waals surface area (Å²) < 4.78 is 1.90. The van der Waals surface area contributed by atoms with Crippen molar-refractivity contribution in [2.45, 2.75) is 32.9 Å². The van der Waals surface area contributed by atoms with E-state index in [9.17, 15) is 0 Å². The number of rotatable bonds is 4. The molecule has 96 valence electrons. The van der Waals surface area contributed by atoms with Crippen molar-refractivity contribution in [3.63, 3.8) is 0 Å². The van der Waals surface area contributed by atoms with Crippen LogP contribution in [0.1, 0.15) is 36.2 Å². The summed E-state index contributed by atoms with van der Waals surface area (Å²) in [6.45, 7) is 5.00. The van der Waals surface area contributed by atoms with Gasteiger partial charge in [-0.25, -0.2) is 0 Å². The van der Waals surface area contributed by atoms with Crippen LogP contribution in [0.25, 0.3) is 0 Å². The number of aromatic nitrogens is 2. The Morgan fingerprint density at radius 2 is 2.00 bits per heavy atom. The summed E-state index contributed by atoms with van der Waals surface area (Å²) in [7, 11) is 0. The monoisotopic (exact) mass is 263 g/mol. The molecule has 0 aliphatic heterocycles. The van der Waals surface area contributed by atoms with E-state index >= 15 is 0 Å². The topological polar surface area (TPSA) is 43.8 Å². The van der Waals surface area contributed by atoms with Crippen LogP contribution in [0.2, 0.25) is 5.02 Å². The van der Waals surface area contributed by atoms with Gasteiger partial charge in [0.2, 0.25) is 0 Å². The maximum absolute atomic E-state index is 6.30. The van der Waals surface area contributed by atoms with Gasteiger partial charge in [-0.3, -0.25) is 4.68 Å². The molecule has 0 saturated heterocycles. The van der Waals surface area contributed by atoms with E-state index in [0.29, 0.717) is 5.02 Å². The van der Waals surface area contributed by atoms with E-state index in [1.54, 1.807) is 6.20 Å². The maximum Gasteiger partial charge on any atom is 0.0837 e. The average molecular weight is 264 g/mol. The normalized spacial score (nSPS) is 12.7. The Morgan fingerprint density at radius 3 is 2.61 bits per heavy atom. The summed E-state index contributed by atoms with van der Waals surface area (Å²) in [6.07, 6.45) is 2.67. The molecule has 0 bridgehead atoms. The van der Waals surface area contributed by atoms with Gasteiger partial charge in [0.25, 0.3) is 0 Å². The van der Waals surface area contributed by atoms with Crippen molar-refractivity contribution in [1.82, 2.24) is 9.78 Å². The van der Waals surface area contributed by atoms with Gasteiger partial charge in [-0.1, -0.05) is 48.4 Å². The van der Waals surface area contributed by atoms with E-state index in [1.807, 2.05) is 16.8 Å². The van der Waals surface area contributed by atoms with E-state index < -0.39 is 0 Å². The molecule has 0 radical (unpaired) electrons. The summed E-state index contributed by atoms with van der Waals surface area (Å²) in [5.74, 6) is 0. The van der Waals surface area contributed by atoms with Crippen molar-refractivity contribution in [2.24, 2.45) is 5.73 Å². The van der Waals surface area contributed by atoms with Crippen LogP contribution < -0.4 is 5.73 Å². The van der Waals surface area contributed by atoms with E-state index in [4.69, 9.17) is 17.3 Å². The first-order valence-electron chi connectivity index (χ1n) is 6.16. The molecule has 2 rings (SSSR count). The van der Waals surface area contributed by atoms with Crippen molar-refractivity contribution >= 4 is 11.6 Å². The molecule has 1 aromatic carbocycles. The van der Waals surface area contributed by atoms with E-state index in [2.05, 4.69) is 31.1 Å². The smallest absolute Gasteiger partial charge is 0.0837 e. The molecule has 0 amide bonds. The Morgan fingerprint density at radius 1 is 1.33 bits per heavy atom. The zero-order valence-electron chi connectivity index (χ0n) is 10.7. The molecular weight excluding hydrogens is 246 g/mol. The highest BCUT2D eigenvalue weighted by Gasteiger charge is 2.18. The lowest BCUT2D eigenvalue weighted by atomic mass is 10.0. The predicted molar refractivity (Wildman–Crippen MR) is 74.7 cm³/mol. The number of nitrogens with zero attached hydrogens (tertiary/aromatic N) is 2. The van der Waals surface area contributed by atoms with Crippen molar-refractivity contribution in [2.75, 3.05) is 0 Å². The number of benzene rings is 1. The van der Waals surface area contributed by atoms with Gasteiger partial charge < -0.3 is 5.73 Å². The minimum Gasteiger partial charge on any atom is -0.319 e. The highest BCUT2D eigenvalue weighted by molar-refractivity contribution is 6.31. The molecule has 4 heteroatoms. The molecule has 18 heavy (non-hydrogen) atoms. The lowest BCUT2D eigenvalue weighted by Gasteiger charge is -2.15. The lowest BCUT2D eigenvalue weighted by molar-refractivity contribution is 0.560. The quantitative estimate of drug-likeness (QED) is 0.920. The average Bonchev–Trinajstić information content (AvgIpc) is 2.71. The lowest BCUT2D eigenvalue weighted by Crippen LogP contribution is -2.18. The van der Waals surface area contributed by atoms with Gasteiger partial charge in [-0.05, 0) is 18.9 Å². The fourth-order valence-electron chi connectivity index (χ4n) is 2.00. The van der Waals surface area contributed by atoms with Gasteiger partial charge in [0.05, 0.1) is 23.0 Å². The van der Waals surface area contributed by atoms with E-state index in [1.165, 1.54) is 5.56 Å². The first-order valence-corrected chi connectivity index (χ1v) is 6.54. The minimum absolute atomic E-state index is 0.229. The number of nitrogens with two attached hydrogens (primary N) is 1. The number of hydrogen-bond acceptors (Lipinski definition) is 2. The molecule has 0 aliphatic carbocycles. The van der Waals surface area contributed by atoms with E-state index in [-0.39, 0.29) is 6.04 Å². The summed E-state index contributed by atoms with van der Waals surface area (Å²) in [6, 6.07) is 7.97. The molecule has 0 fully saturated rings. The first-order chi connectivity index (χ1) is 8.63. The summed E-state index contributed by atoms with van der Waals surface area (Å²) in [5.41, 5.74) is 9.47. The minimum atomic E-state index is -0.229. The largest absolute Gasteiger partial charge is 0.319 e. The Kier molecular flexibility index (Phi) is 4.04. The van der Waals surface area contributed by atoms with Crippen LogP contribution in [0.15, 0.2) is 30.5 Å². The standard InChI is InChI=1S/C14H18ClN3/c1-3-8-18-14(12(15)9-17-18)13(16)11-6-4-10(2)5-7-11/h4-7,9,13H,3,8,16H2,1-2H3. The van der Waals surface area contributed by atoms with Crippen molar-refractivity contribution in [3.8, 4) is 0 Å². The number of hydrogen-bond donors (Lipinski definition) is 1. The molecule has 1 aromatic heterocycles. The SMILES string of the molecule is CCCn1ncc(Cl)c1C(N)c1ccc(C)cc1. The van der Waals surface area contributed by atoms with Crippen molar-refractivity contribution in [1.29, 1.82) is 0 Å². The third kappa shape index (κ3) is 2.57. The van der Waals surface area contributed by atoms with Gasteiger partial charge in [0.15, 0.2) is 0 Å². The van der Waals surface area contributed by atoms with Crippen LogP contribution in [-0.2, 0) is 6.54 Å². The van der Waals surface area contributed by atoms with Crippen LogP contribution in [-0.4, -0.2) is 9.78 Å². The molecule has 0 saturated carbocycles. The Bertz CT molecular complexity index is 516. The first kappa shape index (κ1) is 13.1. The van der Waals surface area contributed by atoms with Crippen LogP contribution >= 0.6 is 11.6 Å². The van der Waals surface area contributed by atoms with Crippen molar-refractivity contribution < 1.29 is 0 Å². The fourth-order valence-corrected chi connectivity index (χ4v) is 2.26. The maximum atomic E-state index is 6.30. The van der Waals surface area contributed by atoms with Gasteiger partial charge >= 0.3 is 0 Å². The summed E-state index contributed by atoms with van der Waals surface area (Å²) in [4.78, 5) is 0. The van der Waals surface area contributed by atoms with Crippen LogP contribution in [0.5, 0.6) is 0 Å². The summed E-state index contributed by atoms with van der Waals surface area (Å²) >= 11 is 6.19. The molecule has 1 unspecified atom stereocenters. The second-order valence-corrected chi connectivity index (χ2v) is 4.90. The van der Waals surface area contributed by atoms with Crippen LogP contribution in [0, 0.1) is 6.92 Å². The molecule has 0 aliphatic rings. The molecular formula is C14H18ClN3. The zero-order chi connectivity index (χ0) is 13.1. The Balaban J connectivity index is 2.35. The predicted octanol–water partition coefficient (Wildman–Crippen LogP) is 3.30. The highest BCUT2D eigenvalue weighted by atomic mass is 35.5. The van der Waals surface area contributed by atoms with Gasteiger partial charge in [0.1, 0.15) is 0 Å². The number of aryl methyl sites for hydroxylation is 2. The molecule has 1 heterocycles. The molecule has 1 atom stereocenters. The Hall–Kier alpha value is -1.32. The van der Waals surface area contributed by atoms with E-state index in [0.717, 1.165) is 24.2 Å².